The minimum atomic E-state index is -3.47. The molecule has 0 saturated heterocycles. The van der Waals surface area contributed by atoms with Crippen molar-refractivity contribution >= 4 is 21.6 Å². The topological polar surface area (TPSA) is 75.3 Å². The molecule has 0 atom stereocenters. The van der Waals surface area contributed by atoms with Crippen LogP contribution in [0.25, 0.3) is 0 Å². The zero-order valence-electron chi connectivity index (χ0n) is 13.7. The fraction of sp³-hybridized carbons (Fsp3) is 0.278. The van der Waals surface area contributed by atoms with Gasteiger partial charge < -0.3 is 5.32 Å². The summed E-state index contributed by atoms with van der Waals surface area (Å²) in [5.74, 6) is -0.302. The minimum absolute atomic E-state index is 0.0921. The summed E-state index contributed by atoms with van der Waals surface area (Å²) in [6.45, 7) is 2.10. The highest BCUT2D eigenvalue weighted by atomic mass is 32.2. The molecule has 5 nitrogen and oxygen atoms in total. The van der Waals surface area contributed by atoms with Crippen molar-refractivity contribution in [3.8, 4) is 0 Å². The molecular formula is C18H22N2O3S. The van der Waals surface area contributed by atoms with E-state index in [4.69, 9.17) is 0 Å². The Morgan fingerprint density at radius 1 is 1.04 bits per heavy atom. The SMILES string of the molecule is Cc1cccc(CCC(=O)NCCS(=O)(=O)Nc2ccccc2)c1. The summed E-state index contributed by atoms with van der Waals surface area (Å²) in [6.07, 6.45) is 0.984. The molecule has 0 unspecified atom stereocenters. The molecule has 0 radical (unpaired) electrons. The minimum Gasteiger partial charge on any atom is -0.355 e. The number of hydrogen-bond donors (Lipinski definition) is 2. The summed E-state index contributed by atoms with van der Waals surface area (Å²) in [7, 11) is -3.47. The van der Waals surface area contributed by atoms with Crippen molar-refractivity contribution in [1.82, 2.24) is 5.32 Å². The van der Waals surface area contributed by atoms with Crippen molar-refractivity contribution in [1.29, 1.82) is 0 Å². The fourth-order valence-corrected chi connectivity index (χ4v) is 3.24. The number of amides is 1. The third-order valence-corrected chi connectivity index (χ3v) is 4.75. The Morgan fingerprint density at radius 3 is 2.50 bits per heavy atom. The van der Waals surface area contributed by atoms with Gasteiger partial charge in [-0.1, -0.05) is 48.0 Å². The van der Waals surface area contributed by atoms with Gasteiger partial charge in [-0.3, -0.25) is 9.52 Å². The second-order valence-electron chi connectivity index (χ2n) is 5.63. The lowest BCUT2D eigenvalue weighted by Gasteiger charge is -2.09. The summed E-state index contributed by atoms with van der Waals surface area (Å²) in [4.78, 5) is 11.8. The Balaban J connectivity index is 1.72. The van der Waals surface area contributed by atoms with E-state index in [9.17, 15) is 13.2 Å². The maximum Gasteiger partial charge on any atom is 0.234 e. The predicted octanol–water partition coefficient (Wildman–Crippen LogP) is 2.49. The highest BCUT2D eigenvalue weighted by Crippen LogP contribution is 2.08. The maximum atomic E-state index is 11.9. The molecule has 0 aromatic heterocycles. The molecule has 0 aliphatic heterocycles. The number of para-hydroxylation sites is 1. The van der Waals surface area contributed by atoms with Crippen LogP contribution in [-0.4, -0.2) is 26.6 Å². The first kappa shape index (κ1) is 18.0. The van der Waals surface area contributed by atoms with Crippen molar-refractivity contribution in [3.63, 3.8) is 0 Å². The third kappa shape index (κ3) is 6.42. The van der Waals surface area contributed by atoms with Crippen LogP contribution in [0.15, 0.2) is 54.6 Å². The van der Waals surface area contributed by atoms with Crippen LogP contribution in [0.2, 0.25) is 0 Å². The summed E-state index contributed by atoms with van der Waals surface area (Å²) < 4.78 is 26.3. The van der Waals surface area contributed by atoms with E-state index in [-0.39, 0.29) is 18.2 Å². The molecule has 6 heteroatoms. The molecule has 2 N–H and O–H groups in total. The van der Waals surface area contributed by atoms with E-state index in [0.29, 0.717) is 18.5 Å². The highest BCUT2D eigenvalue weighted by molar-refractivity contribution is 7.92. The molecule has 0 aliphatic carbocycles. The van der Waals surface area contributed by atoms with Crippen LogP contribution in [0.1, 0.15) is 17.5 Å². The third-order valence-electron chi connectivity index (χ3n) is 3.46. The fourth-order valence-electron chi connectivity index (χ4n) is 2.28. The number of anilines is 1. The first-order valence-electron chi connectivity index (χ1n) is 7.82. The number of hydrogen-bond acceptors (Lipinski definition) is 3. The highest BCUT2D eigenvalue weighted by Gasteiger charge is 2.11. The average molecular weight is 346 g/mol. The lowest BCUT2D eigenvalue weighted by Crippen LogP contribution is -2.31. The van der Waals surface area contributed by atoms with Crippen LogP contribution in [0.3, 0.4) is 0 Å². The van der Waals surface area contributed by atoms with Crippen molar-refractivity contribution in [3.05, 3.63) is 65.7 Å². The lowest BCUT2D eigenvalue weighted by atomic mass is 10.1. The van der Waals surface area contributed by atoms with E-state index in [1.165, 1.54) is 0 Å². The molecule has 1 amide bonds. The van der Waals surface area contributed by atoms with E-state index >= 15 is 0 Å². The molecule has 0 spiro atoms. The van der Waals surface area contributed by atoms with Crippen LogP contribution in [0.4, 0.5) is 5.69 Å². The number of aryl methyl sites for hydroxylation is 2. The van der Waals surface area contributed by atoms with E-state index in [0.717, 1.165) is 11.1 Å². The Morgan fingerprint density at radius 2 is 1.79 bits per heavy atom. The molecule has 0 fully saturated rings. The molecule has 24 heavy (non-hydrogen) atoms. The lowest BCUT2D eigenvalue weighted by molar-refractivity contribution is -0.120. The standard InChI is InChI=1S/C18H22N2O3S/c1-15-6-5-7-16(14-15)10-11-18(21)19-12-13-24(22,23)20-17-8-3-2-4-9-17/h2-9,14,20H,10-13H2,1H3,(H,19,21). The zero-order chi connectivity index (χ0) is 17.4. The van der Waals surface area contributed by atoms with E-state index in [2.05, 4.69) is 10.0 Å². The summed E-state index contributed by atoms with van der Waals surface area (Å²) in [6, 6.07) is 16.7. The van der Waals surface area contributed by atoms with Crippen molar-refractivity contribution < 1.29 is 13.2 Å². The molecule has 0 saturated carbocycles. The van der Waals surface area contributed by atoms with Gasteiger partial charge in [0, 0.05) is 18.7 Å². The first-order chi connectivity index (χ1) is 11.4. The van der Waals surface area contributed by atoms with Gasteiger partial charge >= 0.3 is 0 Å². The van der Waals surface area contributed by atoms with Crippen molar-refractivity contribution in [2.75, 3.05) is 17.0 Å². The number of benzene rings is 2. The number of carbonyl (C=O) groups excluding carboxylic acids is 1. The van der Waals surface area contributed by atoms with Crippen LogP contribution in [0.5, 0.6) is 0 Å². The van der Waals surface area contributed by atoms with Crippen molar-refractivity contribution in [2.24, 2.45) is 0 Å². The van der Waals surface area contributed by atoms with Crippen molar-refractivity contribution in [2.45, 2.75) is 19.8 Å². The second-order valence-corrected chi connectivity index (χ2v) is 7.47. The van der Waals surface area contributed by atoms with E-state index in [1.807, 2.05) is 37.3 Å². The molecule has 0 heterocycles. The zero-order valence-corrected chi connectivity index (χ0v) is 14.5. The normalized spacial score (nSPS) is 11.0. The summed E-state index contributed by atoms with van der Waals surface area (Å²) in [5.41, 5.74) is 2.78. The second kappa shape index (κ2) is 8.49. The van der Waals surface area contributed by atoms with Gasteiger partial charge in [0.05, 0.1) is 5.75 Å². The Bertz CT molecular complexity index is 774. The van der Waals surface area contributed by atoms with E-state index < -0.39 is 10.0 Å². The van der Waals surface area contributed by atoms with Gasteiger partial charge in [0.2, 0.25) is 15.9 Å². The summed E-state index contributed by atoms with van der Waals surface area (Å²) in [5, 5.41) is 2.65. The van der Waals surface area contributed by atoms with E-state index in [1.54, 1.807) is 24.3 Å². The predicted molar refractivity (Wildman–Crippen MR) is 96.4 cm³/mol. The van der Waals surface area contributed by atoms with Gasteiger partial charge in [-0.05, 0) is 31.0 Å². The van der Waals surface area contributed by atoms with Gasteiger partial charge in [-0.2, -0.15) is 0 Å². The van der Waals surface area contributed by atoms with Gasteiger partial charge in [0.1, 0.15) is 0 Å². The smallest absolute Gasteiger partial charge is 0.234 e. The first-order valence-corrected chi connectivity index (χ1v) is 9.48. The number of rotatable bonds is 8. The Labute approximate surface area is 143 Å². The molecule has 0 bridgehead atoms. The molecule has 128 valence electrons. The molecule has 0 aliphatic rings. The molecule has 2 rings (SSSR count). The number of carbonyl (C=O) groups is 1. The maximum absolute atomic E-state index is 11.9. The number of sulfonamides is 1. The van der Waals surface area contributed by atoms with Crippen LogP contribution < -0.4 is 10.0 Å². The van der Waals surface area contributed by atoms with Gasteiger partial charge in [-0.25, -0.2) is 8.42 Å². The quantitative estimate of drug-likeness (QED) is 0.771. The largest absolute Gasteiger partial charge is 0.355 e. The number of nitrogens with one attached hydrogen (secondary N) is 2. The molecule has 2 aromatic rings. The molecular weight excluding hydrogens is 324 g/mol. The van der Waals surface area contributed by atoms with Gasteiger partial charge in [-0.15, -0.1) is 0 Å². The van der Waals surface area contributed by atoms with Gasteiger partial charge in [0.15, 0.2) is 0 Å². The Kier molecular flexibility index (Phi) is 6.37. The monoisotopic (exact) mass is 346 g/mol. The Hall–Kier alpha value is -2.34. The van der Waals surface area contributed by atoms with Gasteiger partial charge in [0.25, 0.3) is 0 Å². The van der Waals surface area contributed by atoms with Crippen LogP contribution in [-0.2, 0) is 21.2 Å². The van der Waals surface area contributed by atoms with Crippen LogP contribution >= 0.6 is 0 Å². The average Bonchev–Trinajstić information content (AvgIpc) is 2.53. The van der Waals surface area contributed by atoms with Crippen LogP contribution in [0, 0.1) is 6.92 Å². The summed E-state index contributed by atoms with van der Waals surface area (Å²) >= 11 is 0. The molecule has 2 aromatic carbocycles.